The molecule has 1 saturated heterocycles. The second-order valence-electron chi connectivity index (χ2n) is 7.40. The first-order valence-electron chi connectivity index (χ1n) is 8.21. The third-order valence-electron chi connectivity index (χ3n) is 3.84. The van der Waals surface area contributed by atoms with Crippen LogP contribution in [0.25, 0.3) is 0 Å². The van der Waals surface area contributed by atoms with Crippen molar-refractivity contribution in [3.05, 3.63) is 18.1 Å². The molecule has 0 aromatic carbocycles. The van der Waals surface area contributed by atoms with E-state index in [0.29, 0.717) is 5.92 Å². The fourth-order valence-electron chi connectivity index (χ4n) is 2.76. The van der Waals surface area contributed by atoms with Gasteiger partial charge < -0.3 is 14.5 Å². The van der Waals surface area contributed by atoms with Gasteiger partial charge in [0.1, 0.15) is 17.7 Å². The van der Waals surface area contributed by atoms with Crippen molar-refractivity contribution in [3.8, 4) is 0 Å². The number of likely N-dealkylation sites (tertiary alicyclic amines) is 1. The molecule has 1 aliphatic rings. The van der Waals surface area contributed by atoms with Gasteiger partial charge in [-0.3, -0.25) is 0 Å². The van der Waals surface area contributed by atoms with Crippen molar-refractivity contribution >= 4 is 11.9 Å². The van der Waals surface area contributed by atoms with E-state index in [1.54, 1.807) is 6.33 Å². The van der Waals surface area contributed by atoms with E-state index < -0.39 is 5.60 Å². The van der Waals surface area contributed by atoms with Gasteiger partial charge in [0.05, 0.1) is 0 Å². The van der Waals surface area contributed by atoms with Crippen LogP contribution in [0.4, 0.5) is 10.6 Å². The Morgan fingerprint density at radius 3 is 2.78 bits per heavy atom. The Labute approximate surface area is 138 Å². The molecule has 1 aliphatic heterocycles. The Balaban J connectivity index is 1.96. The van der Waals surface area contributed by atoms with E-state index in [9.17, 15) is 4.79 Å². The summed E-state index contributed by atoms with van der Waals surface area (Å²) >= 11 is 0. The molecule has 1 aromatic heterocycles. The molecule has 0 spiro atoms. The first kappa shape index (κ1) is 17.5. The molecule has 0 N–H and O–H groups in total. The summed E-state index contributed by atoms with van der Waals surface area (Å²) < 4.78 is 5.48. The van der Waals surface area contributed by atoms with Gasteiger partial charge in [-0.05, 0) is 46.0 Å². The molecule has 1 atom stereocenters. The maximum absolute atomic E-state index is 12.2. The van der Waals surface area contributed by atoms with Crippen molar-refractivity contribution in [2.45, 2.75) is 45.6 Å². The molecule has 0 unspecified atom stereocenters. The predicted molar refractivity (Wildman–Crippen MR) is 90.6 cm³/mol. The standard InChI is InChI=1S/C17H28N4O2/c1-17(2,3)23-16(22)21-8-6-7-13(11-21)9-14-10-15(20(4)5)19-12-18-14/h10,12-13H,6-9,11H2,1-5H3/t13-/m0/s1. The smallest absolute Gasteiger partial charge is 0.410 e. The Morgan fingerprint density at radius 1 is 1.39 bits per heavy atom. The van der Waals surface area contributed by atoms with Crippen molar-refractivity contribution in [2.75, 3.05) is 32.1 Å². The lowest BCUT2D eigenvalue weighted by Gasteiger charge is -2.34. The Hall–Kier alpha value is -1.85. The molecule has 2 rings (SSSR count). The maximum Gasteiger partial charge on any atom is 0.410 e. The number of hydrogen-bond acceptors (Lipinski definition) is 5. The van der Waals surface area contributed by atoms with E-state index in [1.165, 1.54) is 0 Å². The summed E-state index contributed by atoms with van der Waals surface area (Å²) in [6, 6.07) is 2.02. The van der Waals surface area contributed by atoms with Gasteiger partial charge in [0.2, 0.25) is 0 Å². The number of aromatic nitrogens is 2. The van der Waals surface area contributed by atoms with Crippen LogP contribution in [-0.2, 0) is 11.2 Å². The van der Waals surface area contributed by atoms with Gasteiger partial charge >= 0.3 is 6.09 Å². The van der Waals surface area contributed by atoms with Crippen LogP contribution in [-0.4, -0.2) is 53.7 Å². The Morgan fingerprint density at radius 2 is 2.13 bits per heavy atom. The van der Waals surface area contributed by atoms with E-state index in [-0.39, 0.29) is 6.09 Å². The van der Waals surface area contributed by atoms with Crippen molar-refractivity contribution < 1.29 is 9.53 Å². The second kappa shape index (κ2) is 7.15. The number of rotatable bonds is 3. The van der Waals surface area contributed by atoms with Crippen LogP contribution in [0.2, 0.25) is 0 Å². The third kappa shape index (κ3) is 5.37. The highest BCUT2D eigenvalue weighted by molar-refractivity contribution is 5.68. The number of carbonyl (C=O) groups excluding carboxylic acids is 1. The molecule has 0 aliphatic carbocycles. The lowest BCUT2D eigenvalue weighted by atomic mass is 9.93. The monoisotopic (exact) mass is 320 g/mol. The molecular formula is C17H28N4O2. The fraction of sp³-hybridized carbons (Fsp3) is 0.706. The van der Waals surface area contributed by atoms with E-state index >= 15 is 0 Å². The molecule has 1 aromatic rings. The molecule has 1 fully saturated rings. The zero-order valence-corrected chi connectivity index (χ0v) is 14.9. The normalized spacial score (nSPS) is 18.7. The van der Waals surface area contributed by atoms with Gasteiger partial charge in [0.15, 0.2) is 0 Å². The van der Waals surface area contributed by atoms with E-state index in [1.807, 2.05) is 50.7 Å². The van der Waals surface area contributed by atoms with Crippen LogP contribution >= 0.6 is 0 Å². The minimum Gasteiger partial charge on any atom is -0.444 e. The molecule has 2 heterocycles. The highest BCUT2D eigenvalue weighted by Gasteiger charge is 2.27. The van der Waals surface area contributed by atoms with Gasteiger partial charge in [-0.2, -0.15) is 0 Å². The van der Waals surface area contributed by atoms with Crippen molar-refractivity contribution in [3.63, 3.8) is 0 Å². The summed E-state index contributed by atoms with van der Waals surface area (Å²) in [5, 5.41) is 0. The first-order valence-corrected chi connectivity index (χ1v) is 8.21. The second-order valence-corrected chi connectivity index (χ2v) is 7.40. The number of ether oxygens (including phenoxy) is 1. The number of piperidine rings is 1. The van der Waals surface area contributed by atoms with Crippen molar-refractivity contribution in [1.29, 1.82) is 0 Å². The predicted octanol–water partition coefficient (Wildman–Crippen LogP) is 2.73. The zero-order valence-electron chi connectivity index (χ0n) is 14.9. The van der Waals surface area contributed by atoms with Gasteiger partial charge in [-0.15, -0.1) is 0 Å². The van der Waals surface area contributed by atoms with Gasteiger partial charge in [-0.1, -0.05) is 0 Å². The maximum atomic E-state index is 12.2. The molecule has 6 nitrogen and oxygen atoms in total. The molecule has 1 amide bonds. The average Bonchev–Trinajstić information content (AvgIpc) is 2.46. The van der Waals surface area contributed by atoms with E-state index in [0.717, 1.165) is 43.9 Å². The van der Waals surface area contributed by atoms with Crippen LogP contribution < -0.4 is 4.90 Å². The van der Waals surface area contributed by atoms with Gasteiger partial charge in [0.25, 0.3) is 0 Å². The quantitative estimate of drug-likeness (QED) is 0.857. The minimum atomic E-state index is -0.447. The summed E-state index contributed by atoms with van der Waals surface area (Å²) in [7, 11) is 3.94. The molecule has 0 radical (unpaired) electrons. The lowest BCUT2D eigenvalue weighted by molar-refractivity contribution is 0.0165. The highest BCUT2D eigenvalue weighted by Crippen LogP contribution is 2.22. The highest BCUT2D eigenvalue weighted by atomic mass is 16.6. The number of hydrogen-bond donors (Lipinski definition) is 0. The fourth-order valence-corrected chi connectivity index (χ4v) is 2.76. The Kier molecular flexibility index (Phi) is 5.44. The molecule has 128 valence electrons. The van der Waals surface area contributed by atoms with Gasteiger partial charge in [0, 0.05) is 38.9 Å². The zero-order chi connectivity index (χ0) is 17.0. The molecule has 0 saturated carbocycles. The minimum absolute atomic E-state index is 0.209. The summed E-state index contributed by atoms with van der Waals surface area (Å²) in [4.78, 5) is 24.6. The summed E-state index contributed by atoms with van der Waals surface area (Å²) in [6.07, 6.45) is 4.39. The van der Waals surface area contributed by atoms with E-state index in [4.69, 9.17) is 4.74 Å². The molecular weight excluding hydrogens is 292 g/mol. The van der Waals surface area contributed by atoms with Crippen molar-refractivity contribution in [2.24, 2.45) is 5.92 Å². The largest absolute Gasteiger partial charge is 0.444 e. The number of anilines is 1. The summed E-state index contributed by atoms with van der Waals surface area (Å²) in [5.74, 6) is 1.33. The van der Waals surface area contributed by atoms with Crippen LogP contribution in [0.5, 0.6) is 0 Å². The first-order chi connectivity index (χ1) is 10.7. The number of nitrogens with zero attached hydrogens (tertiary/aromatic N) is 4. The topological polar surface area (TPSA) is 58.6 Å². The van der Waals surface area contributed by atoms with Crippen LogP contribution in [0.15, 0.2) is 12.4 Å². The van der Waals surface area contributed by atoms with Gasteiger partial charge in [-0.25, -0.2) is 14.8 Å². The number of carbonyl (C=O) groups is 1. The van der Waals surface area contributed by atoms with Crippen LogP contribution in [0, 0.1) is 5.92 Å². The molecule has 6 heteroatoms. The summed E-state index contributed by atoms with van der Waals surface area (Å²) in [6.45, 7) is 7.20. The average molecular weight is 320 g/mol. The molecule has 0 bridgehead atoms. The summed E-state index contributed by atoms with van der Waals surface area (Å²) in [5.41, 5.74) is 0.580. The third-order valence-corrected chi connectivity index (χ3v) is 3.84. The molecule has 23 heavy (non-hydrogen) atoms. The van der Waals surface area contributed by atoms with Crippen LogP contribution in [0.3, 0.4) is 0 Å². The number of amides is 1. The lowest BCUT2D eigenvalue weighted by Crippen LogP contribution is -2.43. The Bertz CT molecular complexity index is 540. The van der Waals surface area contributed by atoms with Crippen molar-refractivity contribution in [1.82, 2.24) is 14.9 Å². The van der Waals surface area contributed by atoms with E-state index in [2.05, 4.69) is 9.97 Å². The van der Waals surface area contributed by atoms with Crippen LogP contribution in [0.1, 0.15) is 39.3 Å². The SMILES string of the molecule is CN(C)c1cc(C[C@@H]2CCCN(C(=O)OC(C)(C)C)C2)ncn1.